The normalized spacial score (nSPS) is 13.9. The summed E-state index contributed by atoms with van der Waals surface area (Å²) in [6.07, 6.45) is 7.09. The number of aromatic amines is 1. The molecule has 216 valence electrons. The molecule has 1 aliphatic heterocycles. The highest BCUT2D eigenvalue weighted by molar-refractivity contribution is 5.91. The van der Waals surface area contributed by atoms with Gasteiger partial charge >= 0.3 is 0 Å². The third kappa shape index (κ3) is 6.15. The maximum atomic E-state index is 12.5. The topological polar surface area (TPSA) is 101 Å². The Morgan fingerprint density at radius 2 is 1.65 bits per heavy atom. The van der Waals surface area contributed by atoms with Gasteiger partial charge in [0.25, 0.3) is 5.56 Å². The number of hydrogen-bond donors (Lipinski definition) is 1. The maximum Gasteiger partial charge on any atom is 0.257 e. The van der Waals surface area contributed by atoms with Gasteiger partial charge in [0.15, 0.2) is 0 Å². The fourth-order valence-electron chi connectivity index (χ4n) is 5.55. The van der Waals surface area contributed by atoms with E-state index in [1.807, 2.05) is 56.3 Å². The first-order valence-corrected chi connectivity index (χ1v) is 14.8. The second-order valence-electron chi connectivity index (χ2n) is 10.4. The number of piperidine rings is 1. The fraction of sp³-hybridized carbons (Fsp3) is 0.229. The summed E-state index contributed by atoms with van der Waals surface area (Å²) in [4.78, 5) is 31.4. The first-order valence-electron chi connectivity index (χ1n) is 14.8. The van der Waals surface area contributed by atoms with Gasteiger partial charge in [0.05, 0.1) is 16.6 Å². The Morgan fingerprint density at radius 3 is 2.40 bits per heavy atom. The van der Waals surface area contributed by atoms with E-state index in [0.717, 1.165) is 60.4 Å². The molecule has 1 aliphatic rings. The van der Waals surface area contributed by atoms with E-state index in [9.17, 15) is 4.79 Å². The Hall–Kier alpha value is -4.95. The summed E-state index contributed by atoms with van der Waals surface area (Å²) in [7, 11) is 0. The summed E-state index contributed by atoms with van der Waals surface area (Å²) >= 11 is 0. The molecule has 7 rings (SSSR count). The molecule has 0 bridgehead atoms. The van der Waals surface area contributed by atoms with Crippen molar-refractivity contribution in [2.45, 2.75) is 39.2 Å². The van der Waals surface area contributed by atoms with Gasteiger partial charge in [-0.2, -0.15) is 4.98 Å². The van der Waals surface area contributed by atoms with E-state index in [1.165, 1.54) is 5.56 Å². The van der Waals surface area contributed by atoms with Gasteiger partial charge in [-0.1, -0.05) is 73.6 Å². The van der Waals surface area contributed by atoms with Crippen molar-refractivity contribution in [3.8, 4) is 33.8 Å². The molecule has 5 heterocycles. The van der Waals surface area contributed by atoms with Crippen molar-refractivity contribution >= 4 is 10.9 Å². The van der Waals surface area contributed by atoms with Crippen LogP contribution in [-0.4, -0.2) is 43.1 Å². The Morgan fingerprint density at radius 1 is 0.884 bits per heavy atom. The number of nitrogens with one attached hydrogen (secondary N) is 1. The third-order valence-electron chi connectivity index (χ3n) is 7.77. The second-order valence-corrected chi connectivity index (χ2v) is 10.4. The lowest BCUT2D eigenvalue weighted by Crippen LogP contribution is -2.32. The molecule has 8 nitrogen and oxygen atoms in total. The van der Waals surface area contributed by atoms with Crippen LogP contribution >= 0.6 is 0 Å². The van der Waals surface area contributed by atoms with Crippen LogP contribution in [0.2, 0.25) is 0 Å². The van der Waals surface area contributed by atoms with Crippen LogP contribution in [0.1, 0.15) is 44.1 Å². The van der Waals surface area contributed by atoms with Crippen LogP contribution in [0.3, 0.4) is 0 Å². The summed E-state index contributed by atoms with van der Waals surface area (Å²) in [5.41, 5.74) is 6.53. The number of fused-ring (bicyclic) bond motifs is 1. The molecule has 43 heavy (non-hydrogen) atoms. The molecule has 4 aromatic heterocycles. The monoisotopic (exact) mass is 570 g/mol. The zero-order valence-electron chi connectivity index (χ0n) is 24.4. The molecule has 6 aromatic rings. The minimum Gasteiger partial charge on any atom is -0.339 e. The molecule has 1 saturated heterocycles. The van der Waals surface area contributed by atoms with Crippen LogP contribution < -0.4 is 5.56 Å². The smallest absolute Gasteiger partial charge is 0.257 e. The molecule has 0 spiro atoms. The minimum absolute atomic E-state index is 0.133. The number of nitrogens with zero attached hydrogens (tertiary/aromatic N) is 5. The lowest BCUT2D eigenvalue weighted by atomic mass is 9.95. The van der Waals surface area contributed by atoms with Crippen LogP contribution in [0.15, 0.2) is 107 Å². The van der Waals surface area contributed by atoms with Gasteiger partial charge in [0.2, 0.25) is 11.7 Å². The minimum atomic E-state index is -0.133. The van der Waals surface area contributed by atoms with Crippen LogP contribution in [0, 0.1) is 0 Å². The van der Waals surface area contributed by atoms with Crippen LogP contribution in [0.4, 0.5) is 0 Å². The Labute approximate surface area is 250 Å². The average Bonchev–Trinajstić information content (AvgIpc) is 3.58. The van der Waals surface area contributed by atoms with Crippen molar-refractivity contribution in [3.05, 3.63) is 119 Å². The molecule has 0 aliphatic carbocycles. The second kappa shape index (κ2) is 12.9. The number of pyridine rings is 3. The van der Waals surface area contributed by atoms with Gasteiger partial charge in [0, 0.05) is 47.7 Å². The summed E-state index contributed by atoms with van der Waals surface area (Å²) in [6, 6.07) is 26.3. The molecule has 0 saturated carbocycles. The number of benzene rings is 2. The van der Waals surface area contributed by atoms with Crippen molar-refractivity contribution in [1.29, 1.82) is 0 Å². The number of likely N-dealkylation sites (tertiary alicyclic amines) is 1. The molecule has 0 unspecified atom stereocenters. The van der Waals surface area contributed by atoms with Gasteiger partial charge < -0.3 is 9.51 Å². The standard InChI is InChI=1S/C33H28N6O2.C2H6/c40-32-28-19-27(23-5-2-1-3-6-23)30(36-29(28)12-16-35-32)24-10-8-22(9-11-24)21-39-17-13-25(14-18-39)33-37-31(38-41-33)26-7-4-15-34-20-26;1-2/h1-12,15-16,19-20,25H,13-14,17-18,21H2,(H,35,40);1-2H3. The van der Waals surface area contributed by atoms with Gasteiger partial charge in [-0.15, -0.1) is 0 Å². The Kier molecular flexibility index (Phi) is 8.47. The summed E-state index contributed by atoms with van der Waals surface area (Å²) in [5.74, 6) is 1.58. The van der Waals surface area contributed by atoms with Gasteiger partial charge in [-0.3, -0.25) is 14.7 Å². The molecule has 0 amide bonds. The summed E-state index contributed by atoms with van der Waals surface area (Å²) in [5, 5.41) is 4.75. The SMILES string of the molecule is CC.O=c1[nH]ccc2nc(-c3ccc(CN4CCC(c5nc(-c6cccnc6)no5)CC4)cc3)c(-c3ccccc3)cc12. The van der Waals surface area contributed by atoms with E-state index in [2.05, 4.69) is 61.4 Å². The first kappa shape index (κ1) is 28.2. The van der Waals surface area contributed by atoms with E-state index in [-0.39, 0.29) is 11.5 Å². The predicted octanol–water partition coefficient (Wildman–Crippen LogP) is 7.11. The molecular weight excluding hydrogens is 536 g/mol. The highest BCUT2D eigenvalue weighted by Gasteiger charge is 2.25. The van der Waals surface area contributed by atoms with E-state index in [4.69, 9.17) is 9.51 Å². The van der Waals surface area contributed by atoms with Crippen molar-refractivity contribution in [2.75, 3.05) is 13.1 Å². The van der Waals surface area contributed by atoms with Crippen molar-refractivity contribution < 1.29 is 4.52 Å². The molecule has 1 fully saturated rings. The molecule has 0 atom stereocenters. The lowest BCUT2D eigenvalue weighted by molar-refractivity contribution is 0.187. The quantitative estimate of drug-likeness (QED) is 0.228. The van der Waals surface area contributed by atoms with Crippen LogP contribution in [0.5, 0.6) is 0 Å². The maximum absolute atomic E-state index is 12.5. The van der Waals surface area contributed by atoms with Gasteiger partial charge in [-0.05, 0) is 61.3 Å². The number of H-pyrrole nitrogens is 1. The third-order valence-corrected chi connectivity index (χ3v) is 7.77. The molecule has 2 aromatic carbocycles. The largest absolute Gasteiger partial charge is 0.339 e. The van der Waals surface area contributed by atoms with E-state index in [0.29, 0.717) is 22.6 Å². The number of aromatic nitrogens is 5. The molecule has 8 heteroatoms. The average molecular weight is 571 g/mol. The summed E-state index contributed by atoms with van der Waals surface area (Å²) in [6.45, 7) is 6.82. The van der Waals surface area contributed by atoms with E-state index >= 15 is 0 Å². The van der Waals surface area contributed by atoms with Crippen LogP contribution in [0.25, 0.3) is 44.7 Å². The highest BCUT2D eigenvalue weighted by Crippen LogP contribution is 2.33. The van der Waals surface area contributed by atoms with E-state index in [1.54, 1.807) is 18.6 Å². The Balaban J connectivity index is 0.00000161. The van der Waals surface area contributed by atoms with Crippen LogP contribution in [-0.2, 0) is 6.54 Å². The molecular formula is C35H34N6O2. The Bertz CT molecular complexity index is 1840. The lowest BCUT2D eigenvalue weighted by Gasteiger charge is -2.30. The van der Waals surface area contributed by atoms with Crippen molar-refractivity contribution in [2.24, 2.45) is 0 Å². The molecule has 0 radical (unpaired) electrons. The highest BCUT2D eigenvalue weighted by atomic mass is 16.5. The van der Waals surface area contributed by atoms with Crippen molar-refractivity contribution in [3.63, 3.8) is 0 Å². The summed E-state index contributed by atoms with van der Waals surface area (Å²) < 4.78 is 5.61. The van der Waals surface area contributed by atoms with Gasteiger partial charge in [-0.25, -0.2) is 4.98 Å². The molecule has 1 N–H and O–H groups in total. The zero-order chi connectivity index (χ0) is 29.6. The number of hydrogen-bond acceptors (Lipinski definition) is 7. The number of rotatable bonds is 6. The zero-order valence-corrected chi connectivity index (χ0v) is 24.4. The fourth-order valence-corrected chi connectivity index (χ4v) is 5.55. The predicted molar refractivity (Wildman–Crippen MR) is 169 cm³/mol. The van der Waals surface area contributed by atoms with E-state index < -0.39 is 0 Å². The van der Waals surface area contributed by atoms with Crippen molar-refractivity contribution in [1.82, 2.24) is 30.0 Å². The van der Waals surface area contributed by atoms with Gasteiger partial charge in [0.1, 0.15) is 0 Å². The first-order chi connectivity index (χ1) is 21.2.